The molecule has 1 amide bonds. The number of halogens is 1. The fourth-order valence-corrected chi connectivity index (χ4v) is 2.71. The molecule has 0 saturated carbocycles. The maximum absolute atomic E-state index is 13.8. The highest BCUT2D eigenvalue weighted by molar-refractivity contribution is 5.80. The van der Waals surface area contributed by atoms with Crippen molar-refractivity contribution in [3.63, 3.8) is 0 Å². The maximum atomic E-state index is 13.8. The molecule has 1 unspecified atom stereocenters. The van der Waals surface area contributed by atoms with Crippen LogP contribution in [0.1, 0.15) is 12.2 Å². The molecule has 0 aliphatic carbocycles. The van der Waals surface area contributed by atoms with Gasteiger partial charge in [-0.1, -0.05) is 12.1 Å². The highest BCUT2D eigenvalue weighted by Crippen LogP contribution is 2.26. The third-order valence-electron chi connectivity index (χ3n) is 3.90. The molecule has 6 nitrogen and oxygen atoms in total. The second kappa shape index (κ2) is 6.60. The molecule has 1 aromatic heterocycles. The van der Waals surface area contributed by atoms with Gasteiger partial charge in [0.25, 0.3) is 0 Å². The molecular formula is C16H18FN5O. The molecule has 1 saturated heterocycles. The Kier molecular flexibility index (Phi) is 4.36. The number of hydrogen-bond acceptors (Lipinski definition) is 5. The zero-order chi connectivity index (χ0) is 16.2. The van der Waals surface area contributed by atoms with Crippen LogP contribution < -0.4 is 16.0 Å². The first-order valence-electron chi connectivity index (χ1n) is 7.48. The summed E-state index contributed by atoms with van der Waals surface area (Å²) >= 11 is 0. The number of anilines is 2. The number of carbonyl (C=O) groups is 1. The van der Waals surface area contributed by atoms with Crippen molar-refractivity contribution < 1.29 is 9.18 Å². The molecule has 0 radical (unpaired) electrons. The van der Waals surface area contributed by atoms with E-state index < -0.39 is 0 Å². The van der Waals surface area contributed by atoms with Crippen LogP contribution in [0.5, 0.6) is 0 Å². The third-order valence-corrected chi connectivity index (χ3v) is 3.90. The molecule has 2 aromatic rings. The normalized spacial score (nSPS) is 17.3. The number of nitrogen functional groups attached to an aromatic ring is 1. The van der Waals surface area contributed by atoms with Gasteiger partial charge in [0, 0.05) is 19.3 Å². The van der Waals surface area contributed by atoms with Gasteiger partial charge in [-0.3, -0.25) is 4.79 Å². The third kappa shape index (κ3) is 3.56. The molecule has 1 atom stereocenters. The molecule has 23 heavy (non-hydrogen) atoms. The van der Waals surface area contributed by atoms with Crippen molar-refractivity contribution in [3.05, 3.63) is 48.2 Å². The Labute approximate surface area is 133 Å². The van der Waals surface area contributed by atoms with Gasteiger partial charge in [0.05, 0.1) is 18.2 Å². The predicted molar refractivity (Wildman–Crippen MR) is 85.0 cm³/mol. The minimum Gasteiger partial charge on any atom is -0.384 e. The monoisotopic (exact) mass is 315 g/mol. The highest BCUT2D eigenvalue weighted by Gasteiger charge is 2.29. The topological polar surface area (TPSA) is 84.1 Å². The van der Waals surface area contributed by atoms with Crippen molar-refractivity contribution in [2.45, 2.75) is 13.0 Å². The molecule has 7 heteroatoms. The molecule has 1 aliphatic rings. The van der Waals surface area contributed by atoms with Crippen LogP contribution in [0.4, 0.5) is 15.9 Å². The van der Waals surface area contributed by atoms with Gasteiger partial charge in [-0.15, -0.1) is 0 Å². The molecule has 1 aliphatic heterocycles. The van der Waals surface area contributed by atoms with E-state index in [9.17, 15) is 9.18 Å². The van der Waals surface area contributed by atoms with Crippen molar-refractivity contribution in [1.29, 1.82) is 0 Å². The van der Waals surface area contributed by atoms with E-state index in [0.717, 1.165) is 0 Å². The first-order chi connectivity index (χ1) is 11.1. The summed E-state index contributed by atoms with van der Waals surface area (Å²) in [6.07, 6.45) is 2.25. The molecule has 0 spiro atoms. The predicted octanol–water partition coefficient (Wildman–Crippen LogP) is 1.34. The first-order valence-corrected chi connectivity index (χ1v) is 7.48. The number of nitrogens with two attached hydrogens (primary N) is 1. The summed E-state index contributed by atoms with van der Waals surface area (Å²) in [4.78, 5) is 22.2. The lowest BCUT2D eigenvalue weighted by Crippen LogP contribution is -2.33. The lowest BCUT2D eigenvalue weighted by molar-refractivity contribution is -0.124. The van der Waals surface area contributed by atoms with Crippen molar-refractivity contribution in [1.82, 2.24) is 15.3 Å². The van der Waals surface area contributed by atoms with Crippen molar-refractivity contribution in [3.8, 4) is 0 Å². The van der Waals surface area contributed by atoms with Crippen LogP contribution in [-0.2, 0) is 11.3 Å². The van der Waals surface area contributed by atoms with Gasteiger partial charge in [-0.2, -0.15) is 0 Å². The van der Waals surface area contributed by atoms with E-state index in [4.69, 9.17) is 5.73 Å². The van der Waals surface area contributed by atoms with E-state index in [1.165, 1.54) is 6.07 Å². The van der Waals surface area contributed by atoms with Crippen LogP contribution in [0.2, 0.25) is 0 Å². The number of benzene rings is 1. The summed E-state index contributed by atoms with van der Waals surface area (Å²) in [7, 11) is 0. The number of hydrogen-bond donors (Lipinski definition) is 2. The molecule has 1 aromatic carbocycles. The number of amides is 1. The summed E-state index contributed by atoms with van der Waals surface area (Å²) in [6, 6.07) is 8.21. The summed E-state index contributed by atoms with van der Waals surface area (Å²) in [6.45, 7) is 1.40. The molecule has 120 valence electrons. The van der Waals surface area contributed by atoms with Gasteiger partial charge in [-0.25, -0.2) is 14.4 Å². The molecule has 3 rings (SSSR count). The maximum Gasteiger partial charge on any atom is 0.225 e. The Morgan fingerprint density at radius 1 is 1.39 bits per heavy atom. The fraction of sp³-hybridized carbons (Fsp3) is 0.312. The Morgan fingerprint density at radius 2 is 2.22 bits per heavy atom. The van der Waals surface area contributed by atoms with Crippen molar-refractivity contribution in [2.75, 3.05) is 23.7 Å². The van der Waals surface area contributed by atoms with E-state index >= 15 is 0 Å². The van der Waals surface area contributed by atoms with E-state index in [2.05, 4.69) is 15.3 Å². The summed E-state index contributed by atoms with van der Waals surface area (Å²) < 4.78 is 13.8. The fourth-order valence-electron chi connectivity index (χ4n) is 2.71. The van der Waals surface area contributed by atoms with Gasteiger partial charge in [0.2, 0.25) is 5.91 Å². The van der Waals surface area contributed by atoms with E-state index in [1.54, 1.807) is 30.5 Å². The van der Waals surface area contributed by atoms with Crippen LogP contribution in [0.3, 0.4) is 0 Å². The molecule has 2 heterocycles. The van der Waals surface area contributed by atoms with Crippen molar-refractivity contribution >= 4 is 17.4 Å². The van der Waals surface area contributed by atoms with Gasteiger partial charge >= 0.3 is 0 Å². The Hall–Kier alpha value is -2.70. The van der Waals surface area contributed by atoms with Crippen LogP contribution in [0.25, 0.3) is 0 Å². The lowest BCUT2D eigenvalue weighted by Gasteiger charge is -2.19. The molecule has 3 N–H and O–H groups in total. The summed E-state index contributed by atoms with van der Waals surface area (Å²) in [5.74, 6) is 0.338. The van der Waals surface area contributed by atoms with Gasteiger partial charge in [0.15, 0.2) is 0 Å². The molecule has 1 fully saturated rings. The Bertz CT molecular complexity index is 708. The molecular weight excluding hydrogens is 297 g/mol. The minimum atomic E-state index is -0.262. The van der Waals surface area contributed by atoms with Gasteiger partial charge in [0.1, 0.15) is 17.5 Å². The number of nitrogens with zero attached hydrogens (tertiary/aromatic N) is 3. The van der Waals surface area contributed by atoms with E-state index in [0.29, 0.717) is 36.8 Å². The second-order valence-electron chi connectivity index (χ2n) is 5.50. The van der Waals surface area contributed by atoms with E-state index in [1.807, 2.05) is 4.90 Å². The van der Waals surface area contributed by atoms with Crippen molar-refractivity contribution in [2.24, 2.45) is 5.92 Å². The van der Waals surface area contributed by atoms with Crippen LogP contribution >= 0.6 is 0 Å². The number of para-hydroxylation sites is 1. The van der Waals surface area contributed by atoms with Gasteiger partial charge in [-0.05, 0) is 24.6 Å². The number of rotatable bonds is 4. The smallest absolute Gasteiger partial charge is 0.225 e. The number of nitrogens with one attached hydrogen (secondary N) is 1. The van der Waals surface area contributed by atoms with Gasteiger partial charge < -0.3 is 16.0 Å². The minimum absolute atomic E-state index is 0.0742. The summed E-state index contributed by atoms with van der Waals surface area (Å²) in [5.41, 5.74) is 6.12. The number of aromatic nitrogens is 2. The zero-order valence-corrected chi connectivity index (χ0v) is 12.6. The lowest BCUT2D eigenvalue weighted by atomic mass is 10.1. The SMILES string of the molecule is Nc1ccnc(CNC(=O)C2CCN(c3ccccc3F)C2)n1. The number of carbonyl (C=O) groups excluding carboxylic acids is 1. The Balaban J connectivity index is 1.56. The standard InChI is InChI=1S/C16H18FN5O/c17-12-3-1-2-4-13(12)22-8-6-11(10-22)16(23)20-9-15-19-7-5-14(18)21-15/h1-5,7,11H,6,8-10H2,(H,20,23)(H2,18,19,21). The van der Waals surface area contributed by atoms with Crippen LogP contribution in [0.15, 0.2) is 36.5 Å². The zero-order valence-electron chi connectivity index (χ0n) is 12.6. The second-order valence-corrected chi connectivity index (χ2v) is 5.50. The largest absolute Gasteiger partial charge is 0.384 e. The van der Waals surface area contributed by atoms with E-state index in [-0.39, 0.29) is 24.2 Å². The quantitative estimate of drug-likeness (QED) is 0.889. The average molecular weight is 315 g/mol. The average Bonchev–Trinajstić information content (AvgIpc) is 3.03. The van der Waals surface area contributed by atoms with Crippen LogP contribution in [-0.4, -0.2) is 29.0 Å². The first kappa shape index (κ1) is 15.2. The highest BCUT2D eigenvalue weighted by atomic mass is 19.1. The van der Waals surface area contributed by atoms with Crippen LogP contribution in [0, 0.1) is 11.7 Å². The Morgan fingerprint density at radius 3 is 3.00 bits per heavy atom. The molecule has 0 bridgehead atoms. The summed E-state index contributed by atoms with van der Waals surface area (Å²) in [5, 5.41) is 2.81.